The molecule has 4 nitrogen and oxygen atoms in total. The molecule has 2 aromatic rings. The smallest absolute Gasteiger partial charge is 0.418 e. The molecule has 0 bridgehead atoms. The minimum Gasteiger partial charge on any atom is -0.497 e. The molecule has 0 radical (unpaired) electrons. The number of amides is 2. The molecular weight excluding hydrogens is 357 g/mol. The Balaban J connectivity index is 1.86. The molecule has 1 fully saturated rings. The van der Waals surface area contributed by atoms with Crippen LogP contribution in [0.4, 0.5) is 23.7 Å². The molecule has 7 heteroatoms. The van der Waals surface area contributed by atoms with Crippen LogP contribution in [0.25, 0.3) is 0 Å². The van der Waals surface area contributed by atoms with Crippen LogP contribution in [-0.2, 0) is 6.18 Å². The molecule has 2 aromatic carbocycles. The van der Waals surface area contributed by atoms with E-state index in [1.807, 2.05) is 31.2 Å². The summed E-state index contributed by atoms with van der Waals surface area (Å²) in [5, 5.41) is 2.44. The molecule has 0 aliphatic carbocycles. The Kier molecular flexibility index (Phi) is 5.30. The largest absolute Gasteiger partial charge is 0.497 e. The molecular formula is C20H21F3N2O2. The molecule has 0 saturated carbocycles. The van der Waals surface area contributed by atoms with Gasteiger partial charge < -0.3 is 15.0 Å². The van der Waals surface area contributed by atoms with Gasteiger partial charge in [-0.25, -0.2) is 4.79 Å². The van der Waals surface area contributed by atoms with Crippen molar-refractivity contribution >= 4 is 11.7 Å². The predicted octanol–water partition coefficient (Wildman–Crippen LogP) is 5.39. The number of ether oxygens (including phenoxy) is 1. The average Bonchev–Trinajstić information content (AvgIpc) is 3.11. The Bertz CT molecular complexity index is 836. The zero-order valence-electron chi connectivity index (χ0n) is 15.1. The first-order chi connectivity index (χ1) is 12.8. The summed E-state index contributed by atoms with van der Waals surface area (Å²) in [7, 11) is 1.30. The fraction of sp³-hybridized carbons (Fsp3) is 0.350. The van der Waals surface area contributed by atoms with Crippen LogP contribution in [0.5, 0.6) is 5.75 Å². The second-order valence-electron chi connectivity index (χ2n) is 6.55. The second-order valence-corrected chi connectivity index (χ2v) is 6.55. The van der Waals surface area contributed by atoms with Gasteiger partial charge in [-0.05, 0) is 49.1 Å². The number of hydrogen-bond donors (Lipinski definition) is 1. The van der Waals surface area contributed by atoms with Crippen LogP contribution < -0.4 is 10.1 Å². The Labute approximate surface area is 155 Å². The molecule has 0 unspecified atom stereocenters. The molecule has 1 aliphatic rings. The van der Waals surface area contributed by atoms with Crippen LogP contribution in [0.15, 0.2) is 42.5 Å². The lowest BCUT2D eigenvalue weighted by molar-refractivity contribution is -0.137. The van der Waals surface area contributed by atoms with Gasteiger partial charge >= 0.3 is 12.2 Å². The van der Waals surface area contributed by atoms with Crippen LogP contribution in [0, 0.1) is 6.92 Å². The number of carbonyl (C=O) groups excluding carboxylic acids is 1. The number of halogens is 3. The number of anilines is 1. The lowest BCUT2D eigenvalue weighted by Crippen LogP contribution is -2.35. The molecule has 1 saturated heterocycles. The van der Waals surface area contributed by atoms with Crippen LogP contribution in [0.3, 0.4) is 0 Å². The summed E-state index contributed by atoms with van der Waals surface area (Å²) in [6, 6.07) is 10.6. The van der Waals surface area contributed by atoms with Crippen LogP contribution in [0.1, 0.15) is 35.6 Å². The molecule has 1 N–H and O–H groups in total. The standard InChI is InChI=1S/C20H21F3N2O2/c1-13-6-3-4-7-15(13)18-8-5-11-25(18)19(26)24-17-10-9-14(27-2)12-16(17)20(21,22)23/h3-4,6-7,9-10,12,18H,5,8,11H2,1-2H3,(H,24,26)/t18-/m0/s1. The minimum absolute atomic E-state index is 0.0827. The third-order valence-electron chi connectivity index (χ3n) is 4.83. The van der Waals surface area contributed by atoms with E-state index in [0.717, 1.165) is 30.0 Å². The molecule has 0 aromatic heterocycles. The van der Waals surface area contributed by atoms with Gasteiger partial charge in [0.05, 0.1) is 24.4 Å². The fourth-order valence-corrected chi connectivity index (χ4v) is 3.47. The topological polar surface area (TPSA) is 41.6 Å². The maximum absolute atomic E-state index is 13.4. The molecule has 1 heterocycles. The Morgan fingerprint density at radius 3 is 2.63 bits per heavy atom. The van der Waals surface area contributed by atoms with Crippen molar-refractivity contribution in [3.63, 3.8) is 0 Å². The summed E-state index contributed by atoms with van der Waals surface area (Å²) < 4.78 is 45.0. The molecule has 2 amide bonds. The van der Waals surface area contributed by atoms with Gasteiger partial charge in [-0.3, -0.25) is 0 Å². The molecule has 144 valence electrons. The van der Waals surface area contributed by atoms with E-state index in [1.165, 1.54) is 19.2 Å². The summed E-state index contributed by atoms with van der Waals surface area (Å²) in [5.74, 6) is 0.0827. The summed E-state index contributed by atoms with van der Waals surface area (Å²) >= 11 is 0. The Morgan fingerprint density at radius 2 is 1.96 bits per heavy atom. The maximum Gasteiger partial charge on any atom is 0.418 e. The zero-order chi connectivity index (χ0) is 19.6. The lowest BCUT2D eigenvalue weighted by atomic mass is 9.99. The number of hydrogen-bond acceptors (Lipinski definition) is 2. The van der Waals surface area contributed by atoms with Crippen LogP contribution in [0.2, 0.25) is 0 Å². The number of aryl methyl sites for hydroxylation is 1. The lowest BCUT2D eigenvalue weighted by Gasteiger charge is -2.27. The Morgan fingerprint density at radius 1 is 1.22 bits per heavy atom. The highest BCUT2D eigenvalue weighted by Gasteiger charge is 2.36. The number of rotatable bonds is 3. The monoisotopic (exact) mass is 378 g/mol. The number of likely N-dealkylation sites (tertiary alicyclic amines) is 1. The van der Waals surface area contributed by atoms with E-state index in [-0.39, 0.29) is 17.5 Å². The number of methoxy groups -OCH3 is 1. The van der Waals surface area contributed by atoms with Gasteiger partial charge in [0, 0.05) is 6.54 Å². The van der Waals surface area contributed by atoms with Crippen molar-refractivity contribution in [1.29, 1.82) is 0 Å². The molecule has 0 spiro atoms. The first-order valence-corrected chi connectivity index (χ1v) is 8.69. The molecule has 1 aliphatic heterocycles. The number of alkyl halides is 3. The van der Waals surface area contributed by atoms with Crippen molar-refractivity contribution < 1.29 is 22.7 Å². The summed E-state index contributed by atoms with van der Waals surface area (Å²) in [6.07, 6.45) is -3.01. The first-order valence-electron chi connectivity index (χ1n) is 8.69. The van der Waals surface area contributed by atoms with Gasteiger partial charge in [-0.2, -0.15) is 13.2 Å². The summed E-state index contributed by atoms with van der Waals surface area (Å²) in [4.78, 5) is 14.4. The first kappa shape index (κ1) is 19.1. The fourth-order valence-electron chi connectivity index (χ4n) is 3.47. The SMILES string of the molecule is COc1ccc(NC(=O)N2CCC[C@H]2c2ccccc2C)c(C(F)(F)F)c1. The second kappa shape index (κ2) is 7.50. The van der Waals surface area contributed by atoms with E-state index in [1.54, 1.807) is 4.90 Å². The molecule has 1 atom stereocenters. The maximum atomic E-state index is 13.4. The minimum atomic E-state index is -4.60. The van der Waals surface area contributed by atoms with Crippen LogP contribution >= 0.6 is 0 Å². The van der Waals surface area contributed by atoms with Crippen molar-refractivity contribution in [3.05, 3.63) is 59.2 Å². The third-order valence-corrected chi connectivity index (χ3v) is 4.83. The van der Waals surface area contributed by atoms with E-state index in [2.05, 4.69) is 5.32 Å². The van der Waals surface area contributed by atoms with Crippen molar-refractivity contribution in [2.45, 2.75) is 32.0 Å². The number of nitrogens with zero attached hydrogens (tertiary/aromatic N) is 1. The Hall–Kier alpha value is -2.70. The number of benzene rings is 2. The van der Waals surface area contributed by atoms with Crippen molar-refractivity contribution in [1.82, 2.24) is 4.90 Å². The quantitative estimate of drug-likeness (QED) is 0.778. The molecule has 27 heavy (non-hydrogen) atoms. The van der Waals surface area contributed by atoms with Crippen molar-refractivity contribution in [2.24, 2.45) is 0 Å². The van der Waals surface area contributed by atoms with Gasteiger partial charge in [0.15, 0.2) is 0 Å². The summed E-state index contributed by atoms with van der Waals surface area (Å²) in [5.41, 5.74) is 0.879. The third kappa shape index (κ3) is 4.02. The van der Waals surface area contributed by atoms with Crippen LogP contribution in [-0.4, -0.2) is 24.6 Å². The number of nitrogens with one attached hydrogen (secondary N) is 1. The van der Waals surface area contributed by atoms with E-state index < -0.39 is 17.8 Å². The number of carbonyl (C=O) groups is 1. The zero-order valence-corrected chi connectivity index (χ0v) is 15.1. The van der Waals surface area contributed by atoms with Gasteiger partial charge in [0.1, 0.15) is 5.75 Å². The number of urea groups is 1. The van der Waals surface area contributed by atoms with E-state index >= 15 is 0 Å². The predicted molar refractivity (Wildman–Crippen MR) is 96.9 cm³/mol. The van der Waals surface area contributed by atoms with Gasteiger partial charge in [-0.1, -0.05) is 24.3 Å². The normalized spacial score (nSPS) is 17.1. The highest BCUT2D eigenvalue weighted by molar-refractivity contribution is 5.91. The van der Waals surface area contributed by atoms with Gasteiger partial charge in [0.2, 0.25) is 0 Å². The van der Waals surface area contributed by atoms with E-state index in [4.69, 9.17) is 4.74 Å². The highest BCUT2D eigenvalue weighted by Crippen LogP contribution is 2.38. The van der Waals surface area contributed by atoms with Gasteiger partial charge in [-0.15, -0.1) is 0 Å². The molecule has 3 rings (SSSR count). The summed E-state index contributed by atoms with van der Waals surface area (Å²) in [6.45, 7) is 2.47. The van der Waals surface area contributed by atoms with Crippen molar-refractivity contribution in [2.75, 3.05) is 19.0 Å². The highest BCUT2D eigenvalue weighted by atomic mass is 19.4. The van der Waals surface area contributed by atoms with E-state index in [9.17, 15) is 18.0 Å². The van der Waals surface area contributed by atoms with Gasteiger partial charge in [0.25, 0.3) is 0 Å². The van der Waals surface area contributed by atoms with E-state index in [0.29, 0.717) is 6.54 Å². The average molecular weight is 378 g/mol. The van der Waals surface area contributed by atoms with Crippen molar-refractivity contribution in [3.8, 4) is 5.75 Å².